The van der Waals surface area contributed by atoms with Gasteiger partial charge in [0.05, 0.1) is 18.2 Å². The summed E-state index contributed by atoms with van der Waals surface area (Å²) in [6, 6.07) is 2.37. The molecule has 2 N–H and O–H groups in total. The van der Waals surface area contributed by atoms with Gasteiger partial charge in [-0.1, -0.05) is 0 Å². The molecule has 0 aliphatic carbocycles. The molecule has 3 rings (SSSR count). The van der Waals surface area contributed by atoms with Crippen molar-refractivity contribution in [2.75, 3.05) is 13.1 Å². The second-order valence-electron chi connectivity index (χ2n) is 5.74. The van der Waals surface area contributed by atoms with Gasteiger partial charge in [0.15, 0.2) is 5.96 Å². The van der Waals surface area contributed by atoms with Crippen LogP contribution >= 0.6 is 24.0 Å². The van der Waals surface area contributed by atoms with E-state index in [-0.39, 0.29) is 24.0 Å². The van der Waals surface area contributed by atoms with Gasteiger partial charge in [0.2, 0.25) is 0 Å². The van der Waals surface area contributed by atoms with E-state index in [4.69, 9.17) is 4.74 Å². The van der Waals surface area contributed by atoms with E-state index < -0.39 is 0 Å². The van der Waals surface area contributed by atoms with Crippen molar-refractivity contribution in [3.8, 4) is 0 Å². The SMILES string of the molecule is CCNC(=NCCCn1cccn1)NC1CC2CCC1O2.I. The number of aryl methyl sites for hydroxylation is 1. The third-order valence-corrected chi connectivity index (χ3v) is 4.15. The number of hydrogen-bond donors (Lipinski definition) is 2. The fourth-order valence-corrected chi connectivity index (χ4v) is 3.14. The Morgan fingerprint density at radius 3 is 3.00 bits per heavy atom. The van der Waals surface area contributed by atoms with E-state index in [1.807, 2.05) is 23.1 Å². The van der Waals surface area contributed by atoms with E-state index in [0.29, 0.717) is 18.2 Å². The van der Waals surface area contributed by atoms with E-state index in [0.717, 1.165) is 38.4 Å². The molecule has 7 heteroatoms. The Morgan fingerprint density at radius 1 is 1.45 bits per heavy atom. The highest BCUT2D eigenvalue weighted by molar-refractivity contribution is 14.0. The predicted octanol–water partition coefficient (Wildman–Crippen LogP) is 1.77. The van der Waals surface area contributed by atoms with E-state index in [1.54, 1.807) is 0 Å². The molecule has 6 nitrogen and oxygen atoms in total. The summed E-state index contributed by atoms with van der Waals surface area (Å²) in [5.74, 6) is 0.916. The van der Waals surface area contributed by atoms with Gasteiger partial charge in [0.25, 0.3) is 0 Å². The van der Waals surface area contributed by atoms with Crippen LogP contribution in [0.5, 0.6) is 0 Å². The van der Waals surface area contributed by atoms with Gasteiger partial charge in [-0.25, -0.2) is 0 Å². The lowest BCUT2D eigenvalue weighted by molar-refractivity contribution is 0.0992. The monoisotopic (exact) mass is 419 g/mol. The molecule has 2 saturated heterocycles. The number of halogens is 1. The Balaban J connectivity index is 0.00000176. The molecule has 0 amide bonds. The molecule has 3 atom stereocenters. The molecule has 22 heavy (non-hydrogen) atoms. The Labute approximate surface area is 149 Å². The van der Waals surface area contributed by atoms with Crippen molar-refractivity contribution >= 4 is 29.9 Å². The average Bonchev–Trinajstić information content (AvgIpc) is 3.21. The maximum absolute atomic E-state index is 5.88. The minimum atomic E-state index is 0. The molecule has 2 aliphatic heterocycles. The van der Waals surface area contributed by atoms with E-state index in [2.05, 4.69) is 27.6 Å². The number of ether oxygens (including phenoxy) is 1. The minimum absolute atomic E-state index is 0. The summed E-state index contributed by atoms with van der Waals surface area (Å²) in [6.45, 7) is 4.69. The van der Waals surface area contributed by atoms with Gasteiger partial charge in [0, 0.05) is 32.0 Å². The van der Waals surface area contributed by atoms with Crippen molar-refractivity contribution in [2.45, 2.75) is 57.4 Å². The summed E-state index contributed by atoms with van der Waals surface area (Å²) in [5.41, 5.74) is 0. The largest absolute Gasteiger partial charge is 0.373 e. The van der Waals surface area contributed by atoms with Gasteiger partial charge >= 0.3 is 0 Å². The van der Waals surface area contributed by atoms with Crippen LogP contribution in [0.1, 0.15) is 32.6 Å². The highest BCUT2D eigenvalue weighted by Crippen LogP contribution is 2.34. The van der Waals surface area contributed by atoms with Gasteiger partial charge < -0.3 is 15.4 Å². The second-order valence-corrected chi connectivity index (χ2v) is 5.74. The van der Waals surface area contributed by atoms with Crippen molar-refractivity contribution < 1.29 is 4.74 Å². The summed E-state index contributed by atoms with van der Waals surface area (Å²) < 4.78 is 7.83. The summed E-state index contributed by atoms with van der Waals surface area (Å²) in [5, 5.41) is 11.1. The summed E-state index contributed by atoms with van der Waals surface area (Å²) >= 11 is 0. The Hall–Kier alpha value is -0.830. The number of fused-ring (bicyclic) bond motifs is 2. The van der Waals surface area contributed by atoms with Gasteiger partial charge in [0.1, 0.15) is 0 Å². The molecule has 0 radical (unpaired) electrons. The number of rotatable bonds is 6. The van der Waals surface area contributed by atoms with E-state index >= 15 is 0 Å². The standard InChI is InChI=1S/C15H25N5O.HI/c1-2-16-15(17-7-3-9-20-10-4-8-18-20)19-13-11-12-5-6-14(13)21-12;/h4,8,10,12-14H,2-3,5-7,9,11H2,1H3,(H2,16,17,19);1H. The van der Waals surface area contributed by atoms with Crippen LogP contribution in [-0.2, 0) is 11.3 Å². The van der Waals surface area contributed by atoms with Crippen molar-refractivity contribution in [3.05, 3.63) is 18.5 Å². The van der Waals surface area contributed by atoms with E-state index in [1.165, 1.54) is 12.8 Å². The molecule has 0 saturated carbocycles. The zero-order valence-electron chi connectivity index (χ0n) is 13.1. The first-order valence-corrected chi connectivity index (χ1v) is 8.03. The third kappa shape index (κ3) is 4.58. The van der Waals surface area contributed by atoms with Crippen LogP contribution in [0.15, 0.2) is 23.5 Å². The fraction of sp³-hybridized carbons (Fsp3) is 0.733. The van der Waals surface area contributed by atoms with Crippen molar-refractivity contribution in [3.63, 3.8) is 0 Å². The van der Waals surface area contributed by atoms with Crippen molar-refractivity contribution in [1.82, 2.24) is 20.4 Å². The topological polar surface area (TPSA) is 63.5 Å². The minimum Gasteiger partial charge on any atom is -0.373 e. The fourth-order valence-electron chi connectivity index (χ4n) is 3.14. The predicted molar refractivity (Wildman–Crippen MR) is 97.7 cm³/mol. The van der Waals surface area contributed by atoms with Gasteiger partial charge in [-0.15, -0.1) is 24.0 Å². The molecule has 2 bridgehead atoms. The molecule has 2 fully saturated rings. The molecular weight excluding hydrogens is 393 g/mol. The maximum atomic E-state index is 5.88. The van der Waals surface area contributed by atoms with Gasteiger partial charge in [-0.05, 0) is 38.7 Å². The normalized spacial score (nSPS) is 26.8. The van der Waals surface area contributed by atoms with Crippen LogP contribution in [0, 0.1) is 0 Å². The molecule has 3 unspecified atom stereocenters. The highest BCUT2D eigenvalue weighted by atomic mass is 127. The Morgan fingerprint density at radius 2 is 2.36 bits per heavy atom. The summed E-state index contributed by atoms with van der Waals surface area (Å²) in [4.78, 5) is 4.66. The molecule has 3 heterocycles. The molecule has 1 aromatic heterocycles. The molecule has 2 aliphatic rings. The number of guanidine groups is 1. The van der Waals surface area contributed by atoms with Crippen LogP contribution < -0.4 is 10.6 Å². The molecule has 0 aromatic carbocycles. The summed E-state index contributed by atoms with van der Waals surface area (Å²) in [6.07, 6.45) is 9.15. The second kappa shape index (κ2) is 8.71. The Kier molecular flexibility index (Phi) is 6.94. The first kappa shape index (κ1) is 17.5. The van der Waals surface area contributed by atoms with Crippen LogP contribution in [0.4, 0.5) is 0 Å². The van der Waals surface area contributed by atoms with Crippen LogP contribution in [0.25, 0.3) is 0 Å². The quantitative estimate of drug-likeness (QED) is 0.319. The molecule has 124 valence electrons. The van der Waals surface area contributed by atoms with Gasteiger partial charge in [-0.3, -0.25) is 9.67 Å². The third-order valence-electron chi connectivity index (χ3n) is 4.15. The van der Waals surface area contributed by atoms with Crippen molar-refractivity contribution in [2.24, 2.45) is 4.99 Å². The van der Waals surface area contributed by atoms with Crippen LogP contribution in [-0.4, -0.2) is 47.1 Å². The lowest BCUT2D eigenvalue weighted by Crippen LogP contribution is -2.47. The van der Waals surface area contributed by atoms with Crippen molar-refractivity contribution in [1.29, 1.82) is 0 Å². The smallest absolute Gasteiger partial charge is 0.191 e. The molecule has 1 aromatic rings. The van der Waals surface area contributed by atoms with Gasteiger partial charge in [-0.2, -0.15) is 5.10 Å². The summed E-state index contributed by atoms with van der Waals surface area (Å²) in [7, 11) is 0. The average molecular weight is 419 g/mol. The van der Waals surface area contributed by atoms with E-state index in [9.17, 15) is 0 Å². The number of aliphatic imine (C=N–C) groups is 1. The lowest BCUT2D eigenvalue weighted by Gasteiger charge is -2.22. The van der Waals surface area contributed by atoms with Crippen LogP contribution in [0.3, 0.4) is 0 Å². The van der Waals surface area contributed by atoms with Crippen LogP contribution in [0.2, 0.25) is 0 Å². The Bertz CT molecular complexity index is 465. The number of aromatic nitrogens is 2. The maximum Gasteiger partial charge on any atom is 0.191 e. The highest BCUT2D eigenvalue weighted by Gasteiger charge is 2.41. The lowest BCUT2D eigenvalue weighted by atomic mass is 9.96. The first-order chi connectivity index (χ1) is 10.3. The number of nitrogens with zero attached hydrogens (tertiary/aromatic N) is 3. The number of nitrogens with one attached hydrogen (secondary N) is 2. The zero-order valence-corrected chi connectivity index (χ0v) is 15.4. The molecule has 0 spiro atoms. The molecular formula is C15H26IN5O. The first-order valence-electron chi connectivity index (χ1n) is 8.03. The number of hydrogen-bond acceptors (Lipinski definition) is 3. The zero-order chi connectivity index (χ0) is 14.5.